The lowest BCUT2D eigenvalue weighted by Gasteiger charge is -2.57. The lowest BCUT2D eigenvalue weighted by Crippen LogP contribution is -2.59. The quantitative estimate of drug-likeness (QED) is 0.749. The Labute approximate surface area is 181 Å². The lowest BCUT2D eigenvalue weighted by molar-refractivity contribution is -0.144. The summed E-state index contributed by atoms with van der Waals surface area (Å²) in [5, 5.41) is 5.46. The molecule has 0 radical (unpaired) electrons. The van der Waals surface area contributed by atoms with Crippen LogP contribution >= 0.6 is 0 Å². The third-order valence-electron chi connectivity index (χ3n) is 7.66. The largest absolute Gasteiger partial charge is 0.381 e. The molecule has 3 unspecified atom stereocenters. The number of carbonyl (C=O) groups is 1. The highest BCUT2D eigenvalue weighted by Crippen LogP contribution is 2.61. The molecular formula is C25H39N3O2. The number of hydrazine groups is 1. The summed E-state index contributed by atoms with van der Waals surface area (Å²) in [4.78, 5) is 13.5. The zero-order valence-corrected chi connectivity index (χ0v) is 19.0. The zero-order valence-electron chi connectivity index (χ0n) is 19.0. The van der Waals surface area contributed by atoms with Crippen LogP contribution < -0.4 is 10.7 Å². The van der Waals surface area contributed by atoms with Crippen molar-refractivity contribution in [1.29, 1.82) is 0 Å². The van der Waals surface area contributed by atoms with Gasteiger partial charge in [-0.05, 0) is 61.3 Å². The summed E-state index contributed by atoms with van der Waals surface area (Å²) in [6.45, 7) is 11.9. The second-order valence-corrected chi connectivity index (χ2v) is 10.7. The van der Waals surface area contributed by atoms with E-state index in [2.05, 4.69) is 66.9 Å². The molecule has 1 aromatic rings. The molecule has 1 aliphatic heterocycles. The number of nitrogens with one attached hydrogen (secondary N) is 2. The van der Waals surface area contributed by atoms with E-state index in [1.54, 1.807) is 0 Å². The third kappa shape index (κ3) is 4.44. The number of carbonyl (C=O) groups excluding carboxylic acids is 1. The molecule has 2 bridgehead atoms. The van der Waals surface area contributed by atoms with Crippen LogP contribution in [0.1, 0.15) is 58.4 Å². The molecule has 4 atom stereocenters. The van der Waals surface area contributed by atoms with E-state index >= 15 is 0 Å². The number of amides is 1. The topological polar surface area (TPSA) is 53.6 Å². The molecule has 1 saturated heterocycles. The Balaban J connectivity index is 1.61. The predicted octanol–water partition coefficient (Wildman–Crippen LogP) is 3.50. The molecule has 1 aromatic carbocycles. The molecule has 0 spiro atoms. The van der Waals surface area contributed by atoms with Gasteiger partial charge in [0, 0.05) is 38.2 Å². The minimum Gasteiger partial charge on any atom is -0.381 e. The van der Waals surface area contributed by atoms with E-state index in [0.717, 1.165) is 65.1 Å². The van der Waals surface area contributed by atoms with Gasteiger partial charge in [-0.15, -0.1) is 0 Å². The van der Waals surface area contributed by atoms with Crippen molar-refractivity contribution in [2.24, 2.45) is 16.7 Å². The number of hydrogen-bond acceptors (Lipinski definition) is 4. The first-order valence-corrected chi connectivity index (χ1v) is 11.8. The Hall–Kier alpha value is -1.43. The summed E-state index contributed by atoms with van der Waals surface area (Å²) in [6, 6.07) is 11.0. The highest BCUT2D eigenvalue weighted by Gasteiger charge is 2.56. The van der Waals surface area contributed by atoms with Gasteiger partial charge >= 0.3 is 0 Å². The van der Waals surface area contributed by atoms with E-state index in [9.17, 15) is 4.79 Å². The number of hydrogen-bond donors (Lipinski definition) is 2. The minimum absolute atomic E-state index is 0.0455. The van der Waals surface area contributed by atoms with Crippen molar-refractivity contribution in [2.75, 3.05) is 39.4 Å². The van der Waals surface area contributed by atoms with Crippen molar-refractivity contribution in [3.8, 4) is 0 Å². The number of piperazine rings is 1. The van der Waals surface area contributed by atoms with E-state index in [4.69, 9.17) is 4.74 Å². The summed E-state index contributed by atoms with van der Waals surface area (Å²) in [5.41, 5.74) is 4.55. The molecule has 3 aliphatic rings. The van der Waals surface area contributed by atoms with Crippen molar-refractivity contribution >= 4 is 5.91 Å². The maximum Gasteiger partial charge on any atom is 0.240 e. The molecule has 2 aliphatic carbocycles. The summed E-state index contributed by atoms with van der Waals surface area (Å²) in [5.74, 6) is 0.764. The van der Waals surface area contributed by atoms with Crippen LogP contribution in [0.4, 0.5) is 0 Å². The first kappa shape index (κ1) is 21.8. The van der Waals surface area contributed by atoms with Gasteiger partial charge in [-0.25, -0.2) is 5.01 Å². The van der Waals surface area contributed by atoms with Crippen LogP contribution in [0.3, 0.4) is 0 Å². The van der Waals surface area contributed by atoms with E-state index in [0.29, 0.717) is 5.92 Å². The van der Waals surface area contributed by atoms with E-state index in [1.807, 2.05) is 0 Å². The maximum atomic E-state index is 13.5. The molecule has 0 aromatic heterocycles. The summed E-state index contributed by atoms with van der Waals surface area (Å²) >= 11 is 0. The van der Waals surface area contributed by atoms with Crippen LogP contribution in [-0.4, -0.2) is 50.3 Å². The predicted molar refractivity (Wildman–Crippen MR) is 120 cm³/mol. The van der Waals surface area contributed by atoms with E-state index < -0.39 is 0 Å². The molecule has 1 heterocycles. The molecule has 2 saturated carbocycles. The van der Waals surface area contributed by atoms with E-state index in [1.165, 1.54) is 12.0 Å². The van der Waals surface area contributed by atoms with Gasteiger partial charge in [-0.2, -0.15) is 0 Å². The molecule has 5 nitrogen and oxygen atoms in total. The Bertz CT molecular complexity index is 735. The second-order valence-electron chi connectivity index (χ2n) is 10.7. The Morgan fingerprint density at radius 1 is 1.13 bits per heavy atom. The van der Waals surface area contributed by atoms with Crippen LogP contribution in [0.15, 0.2) is 30.3 Å². The first-order valence-electron chi connectivity index (χ1n) is 11.8. The first-order chi connectivity index (χ1) is 14.4. The number of rotatable bonds is 6. The monoisotopic (exact) mass is 413 g/mol. The standard InChI is InChI=1S/C25H39N3O2/c1-4-30-19-23(2)14-20-15-24(3,22(29)27-28-12-10-26-11-13-28)18-25(16-20,17-23)21-8-6-5-7-9-21/h5-9,20,26H,4,10-19H2,1-3H3,(H,27,29)/t20?,23-,24?,25?/m0/s1. The highest BCUT2D eigenvalue weighted by atomic mass is 16.5. The molecule has 166 valence electrons. The zero-order chi connectivity index (χ0) is 21.2. The van der Waals surface area contributed by atoms with Crippen molar-refractivity contribution in [2.45, 2.75) is 58.3 Å². The maximum absolute atomic E-state index is 13.5. The second kappa shape index (κ2) is 8.60. The van der Waals surface area contributed by atoms with Crippen LogP contribution in [0.25, 0.3) is 0 Å². The van der Waals surface area contributed by atoms with E-state index in [-0.39, 0.29) is 22.2 Å². The fourth-order valence-electron chi connectivity index (χ4n) is 6.82. The fourth-order valence-corrected chi connectivity index (χ4v) is 6.82. The highest BCUT2D eigenvalue weighted by molar-refractivity contribution is 5.82. The molecule has 1 amide bonds. The van der Waals surface area contributed by atoms with Crippen molar-refractivity contribution in [1.82, 2.24) is 15.8 Å². The van der Waals surface area contributed by atoms with Crippen LogP contribution in [0, 0.1) is 16.7 Å². The summed E-state index contributed by atoms with van der Waals surface area (Å²) in [6.07, 6.45) is 5.33. The average molecular weight is 414 g/mol. The average Bonchev–Trinajstić information content (AvgIpc) is 2.73. The van der Waals surface area contributed by atoms with Crippen molar-refractivity contribution in [3.63, 3.8) is 0 Å². The van der Waals surface area contributed by atoms with Gasteiger partial charge in [0.15, 0.2) is 0 Å². The third-order valence-corrected chi connectivity index (χ3v) is 7.66. The van der Waals surface area contributed by atoms with Gasteiger partial charge in [-0.1, -0.05) is 44.2 Å². The molecule has 2 N–H and O–H groups in total. The normalized spacial score (nSPS) is 37.0. The van der Waals surface area contributed by atoms with Crippen LogP contribution in [0.5, 0.6) is 0 Å². The van der Waals surface area contributed by atoms with Crippen molar-refractivity contribution < 1.29 is 9.53 Å². The number of ether oxygens (including phenoxy) is 1. The van der Waals surface area contributed by atoms with Crippen molar-refractivity contribution in [3.05, 3.63) is 35.9 Å². The summed E-state index contributed by atoms with van der Waals surface area (Å²) in [7, 11) is 0. The summed E-state index contributed by atoms with van der Waals surface area (Å²) < 4.78 is 5.93. The molecule has 5 heteroatoms. The Morgan fingerprint density at radius 3 is 2.57 bits per heavy atom. The molecule has 30 heavy (non-hydrogen) atoms. The Kier molecular flexibility index (Phi) is 6.25. The molecular weight excluding hydrogens is 374 g/mol. The van der Waals surface area contributed by atoms with Crippen LogP contribution in [0.2, 0.25) is 0 Å². The molecule has 4 rings (SSSR count). The number of benzene rings is 1. The van der Waals surface area contributed by atoms with Gasteiger partial charge in [0.1, 0.15) is 0 Å². The SMILES string of the molecule is CCOC[C@@]1(C)CC2CC(C)(C(=O)NN3CCNCC3)CC(c3ccccc3)(C2)C1. The fraction of sp³-hybridized carbons (Fsp3) is 0.720. The van der Waals surface area contributed by atoms with Gasteiger partial charge in [-0.3, -0.25) is 10.2 Å². The van der Waals surface area contributed by atoms with Gasteiger partial charge in [0.2, 0.25) is 5.91 Å². The lowest BCUT2D eigenvalue weighted by atomic mass is 9.47. The number of nitrogens with zero attached hydrogens (tertiary/aromatic N) is 1. The Morgan fingerprint density at radius 2 is 1.87 bits per heavy atom. The minimum atomic E-state index is -0.337. The molecule has 3 fully saturated rings. The van der Waals surface area contributed by atoms with Gasteiger partial charge < -0.3 is 10.1 Å². The smallest absolute Gasteiger partial charge is 0.240 e. The van der Waals surface area contributed by atoms with Gasteiger partial charge in [0.25, 0.3) is 0 Å². The van der Waals surface area contributed by atoms with Gasteiger partial charge in [0.05, 0.1) is 6.61 Å². The number of fused-ring (bicyclic) bond motifs is 2. The van der Waals surface area contributed by atoms with Crippen LogP contribution in [-0.2, 0) is 14.9 Å².